The average Bonchev–Trinajstić information content (AvgIpc) is 3.99. The number of ketones is 3. The molecular formula is C58H89NO17. The summed E-state index contributed by atoms with van der Waals surface area (Å²) in [6, 6.07) is -1.18. The van der Waals surface area contributed by atoms with Crippen LogP contribution in [0.3, 0.4) is 0 Å². The van der Waals surface area contributed by atoms with Gasteiger partial charge in [0.05, 0.1) is 50.8 Å². The van der Waals surface area contributed by atoms with Crippen LogP contribution in [0.25, 0.3) is 0 Å². The summed E-state index contributed by atoms with van der Waals surface area (Å²) < 4.78 is 47.8. The molecule has 0 aromatic carbocycles. The summed E-state index contributed by atoms with van der Waals surface area (Å²) in [5.74, 6) is -8.40. The van der Waals surface area contributed by atoms with E-state index in [0.29, 0.717) is 63.4 Å². The van der Waals surface area contributed by atoms with Crippen LogP contribution in [0.1, 0.15) is 126 Å². The molecule has 1 saturated carbocycles. The second-order valence-electron chi connectivity index (χ2n) is 22.8. The Morgan fingerprint density at radius 2 is 1.53 bits per heavy atom. The molecule has 18 heteroatoms. The van der Waals surface area contributed by atoms with E-state index in [1.165, 1.54) is 12.0 Å². The SMILES string of the molecule is CO[C@@H]1C[C@H](C[C@@H](C)[C@@H]2CC(=O)[C@H](C)/C=C(\C)[C@@H](O)[C@@H](OC)C(=O)[C@H](C)C[C@H](C)/C=C/C=C/C=C(\C)[C@@H](OCCO[C@@H]3CO[C@H]4[C@@H]3OC[C@H]4O)C[C@@H]3CC[C@@H](C)[C@@](O)(O3)C(=O)C(=O)N3CCCC[C@H]3C(=O)O2)CC[C@H]1O. The van der Waals surface area contributed by atoms with Gasteiger partial charge in [0.1, 0.15) is 54.6 Å². The van der Waals surface area contributed by atoms with Crippen LogP contribution in [0.4, 0.5) is 0 Å². The molecule has 76 heavy (non-hydrogen) atoms. The zero-order valence-electron chi connectivity index (χ0n) is 46.4. The molecule has 6 aliphatic rings. The lowest BCUT2D eigenvalue weighted by molar-refractivity contribution is -0.266. The van der Waals surface area contributed by atoms with Gasteiger partial charge in [-0.15, -0.1) is 0 Å². The number of aliphatic hydroxyl groups excluding tert-OH is 3. The highest BCUT2D eigenvalue weighted by molar-refractivity contribution is 6.39. The summed E-state index contributed by atoms with van der Waals surface area (Å²) in [6.07, 6.45) is 8.36. The van der Waals surface area contributed by atoms with Crippen LogP contribution in [0.2, 0.25) is 0 Å². The molecule has 0 aromatic rings. The van der Waals surface area contributed by atoms with Gasteiger partial charge in [0, 0.05) is 51.4 Å². The van der Waals surface area contributed by atoms with Crippen molar-refractivity contribution in [1.82, 2.24) is 4.90 Å². The number of fused-ring (bicyclic) bond motifs is 4. The van der Waals surface area contributed by atoms with Gasteiger partial charge in [-0.1, -0.05) is 71.1 Å². The van der Waals surface area contributed by atoms with E-state index in [9.17, 15) is 44.4 Å². The monoisotopic (exact) mass is 1070 g/mol. The Bertz CT molecular complexity index is 2090. The van der Waals surface area contributed by atoms with E-state index < -0.39 is 96.1 Å². The van der Waals surface area contributed by atoms with Gasteiger partial charge >= 0.3 is 5.97 Å². The first-order valence-corrected chi connectivity index (χ1v) is 28.0. The second kappa shape index (κ2) is 28.6. The lowest BCUT2D eigenvalue weighted by atomic mass is 9.78. The third-order valence-corrected chi connectivity index (χ3v) is 16.9. The van der Waals surface area contributed by atoms with Gasteiger partial charge in [0.15, 0.2) is 5.78 Å². The van der Waals surface area contributed by atoms with Crippen molar-refractivity contribution in [3.63, 3.8) is 0 Å². The molecule has 0 aromatic heterocycles. The number of carbonyl (C=O) groups is 5. The maximum atomic E-state index is 14.5. The average molecular weight is 1070 g/mol. The van der Waals surface area contributed by atoms with Crippen molar-refractivity contribution in [2.24, 2.45) is 35.5 Å². The Hall–Kier alpha value is -3.53. The standard InChI is InChI=1S/C58H89NO17/c1-33-15-11-10-12-16-34(2)46(71-23-24-72-49-32-74-52-45(62)31-73-53(49)52)29-41-20-18-39(7)58(68,76-41)55(65)56(66)59-22-14-13-17-42(59)57(67)75-47(36(4)27-40-19-21-43(60)48(28-40)69-8)30-44(61)35(3)26-38(6)51(64)54(70-9)50(63)37(5)25-33/h10-12,15-16,26,33,35-37,39-43,45-49,51-54,60,62,64,68H,13-14,17-25,27-32H2,1-9H3/b12-10+,15-11+,34-16+,38-26+/t33-,35-,36-,37-,39-,40+,41+,42+,43-,45-,46+,47+,48-,49-,51-,52-,53-,54+,58-/m1/s1. The Kier molecular flexibility index (Phi) is 23.2. The van der Waals surface area contributed by atoms with Gasteiger partial charge < -0.3 is 63.2 Å². The normalized spacial score (nSPS) is 42.0. The van der Waals surface area contributed by atoms with Crippen LogP contribution in [0.5, 0.6) is 0 Å². The van der Waals surface area contributed by atoms with E-state index in [1.54, 1.807) is 40.9 Å². The fourth-order valence-electron chi connectivity index (χ4n) is 12.0. The van der Waals surface area contributed by atoms with Crippen LogP contribution in [0, 0.1) is 35.5 Å². The molecule has 2 bridgehead atoms. The third-order valence-electron chi connectivity index (χ3n) is 16.9. The van der Waals surface area contributed by atoms with Crippen molar-refractivity contribution >= 4 is 29.2 Å². The van der Waals surface area contributed by atoms with Crippen molar-refractivity contribution in [3.05, 3.63) is 47.6 Å². The van der Waals surface area contributed by atoms with Crippen LogP contribution in [-0.4, -0.2) is 181 Å². The van der Waals surface area contributed by atoms with E-state index in [0.717, 1.165) is 5.57 Å². The van der Waals surface area contributed by atoms with Crippen LogP contribution < -0.4 is 0 Å². The highest BCUT2D eigenvalue weighted by atomic mass is 16.6. The number of allylic oxidation sites excluding steroid dienone is 6. The highest BCUT2D eigenvalue weighted by Crippen LogP contribution is 2.38. The predicted octanol–water partition coefficient (Wildman–Crippen LogP) is 5.09. The maximum Gasteiger partial charge on any atom is 0.329 e. The Balaban J connectivity index is 1.28. The molecule has 5 aliphatic heterocycles. The molecule has 428 valence electrons. The minimum Gasteiger partial charge on any atom is -0.460 e. The lowest BCUT2D eigenvalue weighted by Gasteiger charge is -2.43. The van der Waals surface area contributed by atoms with Crippen LogP contribution >= 0.6 is 0 Å². The first kappa shape index (κ1) is 61.7. The Morgan fingerprint density at radius 3 is 2.26 bits per heavy atom. The van der Waals surface area contributed by atoms with E-state index in [1.807, 2.05) is 51.2 Å². The van der Waals surface area contributed by atoms with E-state index in [2.05, 4.69) is 0 Å². The van der Waals surface area contributed by atoms with Gasteiger partial charge in [0.2, 0.25) is 5.79 Å². The number of carbonyl (C=O) groups excluding carboxylic acids is 5. The molecule has 5 fully saturated rings. The first-order chi connectivity index (χ1) is 36.2. The quantitative estimate of drug-likeness (QED) is 0.0963. The number of amides is 1. The van der Waals surface area contributed by atoms with Crippen LogP contribution in [0.15, 0.2) is 47.6 Å². The van der Waals surface area contributed by atoms with Crippen LogP contribution in [-0.2, 0) is 61.9 Å². The number of hydrogen-bond acceptors (Lipinski definition) is 17. The Labute approximate surface area is 449 Å². The molecule has 4 N–H and O–H groups in total. The van der Waals surface area contributed by atoms with E-state index in [-0.39, 0.29) is 99.9 Å². The van der Waals surface area contributed by atoms with Crippen molar-refractivity contribution in [2.45, 2.75) is 204 Å². The third kappa shape index (κ3) is 15.6. The van der Waals surface area contributed by atoms with Crippen molar-refractivity contribution in [3.8, 4) is 0 Å². The van der Waals surface area contributed by atoms with Crippen molar-refractivity contribution in [2.75, 3.05) is 47.2 Å². The number of hydrogen-bond donors (Lipinski definition) is 4. The number of ether oxygens (including phenoxy) is 8. The van der Waals surface area contributed by atoms with Gasteiger partial charge in [-0.3, -0.25) is 19.2 Å². The topological polar surface area (TPSA) is 243 Å². The number of rotatable bonds is 10. The molecule has 1 aliphatic carbocycles. The number of aliphatic hydroxyl groups is 4. The van der Waals surface area contributed by atoms with Crippen molar-refractivity contribution in [1.29, 1.82) is 0 Å². The van der Waals surface area contributed by atoms with Gasteiger partial charge in [-0.05, 0) is 107 Å². The zero-order chi connectivity index (χ0) is 55.4. The molecule has 4 saturated heterocycles. The summed E-state index contributed by atoms with van der Waals surface area (Å²) in [7, 11) is 2.93. The number of Topliss-reactive ketones (excluding diaryl/α,β-unsaturated/α-hetero) is 3. The number of methoxy groups -OCH3 is 2. The molecule has 18 nitrogen and oxygen atoms in total. The molecule has 19 atom stereocenters. The van der Waals surface area contributed by atoms with Gasteiger partial charge in [-0.2, -0.15) is 0 Å². The fraction of sp³-hybridized carbons (Fsp3) is 0.776. The highest BCUT2D eigenvalue weighted by Gasteiger charge is 2.53. The molecule has 6 rings (SSSR count). The van der Waals surface area contributed by atoms with Crippen molar-refractivity contribution < 1.29 is 82.3 Å². The summed E-state index contributed by atoms with van der Waals surface area (Å²) in [4.78, 5) is 72.8. The minimum atomic E-state index is -2.51. The lowest BCUT2D eigenvalue weighted by Crippen LogP contribution is -2.61. The minimum absolute atomic E-state index is 0.0290. The van der Waals surface area contributed by atoms with E-state index in [4.69, 9.17) is 37.9 Å². The summed E-state index contributed by atoms with van der Waals surface area (Å²) in [5, 5.41) is 44.5. The maximum absolute atomic E-state index is 14.5. The summed E-state index contributed by atoms with van der Waals surface area (Å²) in [5.41, 5.74) is 1.18. The second-order valence-corrected chi connectivity index (χ2v) is 22.8. The predicted molar refractivity (Wildman–Crippen MR) is 279 cm³/mol. The summed E-state index contributed by atoms with van der Waals surface area (Å²) in [6.45, 7) is 13.4. The van der Waals surface area contributed by atoms with Gasteiger partial charge in [0.25, 0.3) is 11.7 Å². The molecular weight excluding hydrogens is 983 g/mol. The fourth-order valence-corrected chi connectivity index (χ4v) is 12.0. The number of cyclic esters (lactones) is 1. The van der Waals surface area contributed by atoms with E-state index >= 15 is 0 Å². The largest absolute Gasteiger partial charge is 0.460 e. The molecule has 0 radical (unpaired) electrons. The smallest absolute Gasteiger partial charge is 0.329 e. The molecule has 0 unspecified atom stereocenters. The first-order valence-electron chi connectivity index (χ1n) is 28.0. The number of piperidine rings is 1. The van der Waals surface area contributed by atoms with Gasteiger partial charge in [-0.25, -0.2) is 4.79 Å². The zero-order valence-corrected chi connectivity index (χ0v) is 46.4. The summed E-state index contributed by atoms with van der Waals surface area (Å²) >= 11 is 0. The number of esters is 1. The molecule has 5 heterocycles. The Morgan fingerprint density at radius 1 is 0.789 bits per heavy atom. The molecule has 1 amide bonds. The molecule has 0 spiro atoms. The number of nitrogens with zero attached hydrogens (tertiary/aromatic N) is 1.